The maximum absolute atomic E-state index is 13.5. The average Bonchev–Trinajstić information content (AvgIpc) is 0.823. The molecule has 15 fully saturated rings. The molecule has 18 bridgehead atoms. The van der Waals surface area contributed by atoms with Crippen molar-refractivity contribution in [2.45, 2.75) is 228 Å². The van der Waals surface area contributed by atoms with Crippen LogP contribution in [0.25, 0.3) is 0 Å². The molecule has 39 heteroatoms. The quantitative estimate of drug-likeness (QED) is 0.130. The molecule has 37 nitrogen and oxygen atoms in total. The molecule has 0 aliphatic carbocycles. The molecule has 19 heterocycles. The Hall–Kier alpha value is -2.46. The summed E-state index contributed by atoms with van der Waals surface area (Å²) in [6.07, 6.45) is -70.8. The van der Waals surface area contributed by atoms with Gasteiger partial charge in [0.2, 0.25) is 0 Å². The monoisotopic (exact) mass is 1370 g/mol. The third-order valence-electron chi connectivity index (χ3n) is 17.3. The number of hydrogen-bond donors (Lipinski definition) is 21. The van der Waals surface area contributed by atoms with Crippen LogP contribution in [0.3, 0.4) is 0 Å². The summed E-state index contributed by atoms with van der Waals surface area (Å²) in [5, 5.41) is 220. The predicted octanol–water partition coefficient (Wildman–Crippen LogP) is -11.6. The second-order valence-electron chi connectivity index (χ2n) is 23.3. The lowest BCUT2D eigenvalue weighted by atomic mass is 9.95. The highest BCUT2D eigenvalue weighted by Gasteiger charge is 2.60. The fraction of sp³-hybridized carbons (Fsp3) is 0.849. The van der Waals surface area contributed by atoms with Crippen molar-refractivity contribution in [2.24, 2.45) is 0 Å². The van der Waals surface area contributed by atoms with E-state index in [-0.39, 0.29) is 19.5 Å². The van der Waals surface area contributed by atoms with Crippen LogP contribution < -0.4 is 10.6 Å². The number of nitrogens with one attached hydrogen (secondary N) is 2. The summed E-state index contributed by atoms with van der Waals surface area (Å²) in [4.78, 5) is 27.0. The van der Waals surface area contributed by atoms with Crippen LogP contribution in [0.2, 0.25) is 0 Å². The van der Waals surface area contributed by atoms with Crippen LogP contribution in [0.15, 0.2) is 24.3 Å². The maximum Gasteiger partial charge on any atom is 0.279 e. The third kappa shape index (κ3) is 15.4. The number of fused-ring (bicyclic) bond motifs is 6. The van der Waals surface area contributed by atoms with E-state index < -0.39 is 270 Å². The van der Waals surface area contributed by atoms with E-state index in [0.29, 0.717) is 29.1 Å². The molecule has 0 saturated carbocycles. The molecule has 20 rings (SSSR count). The molecule has 21 N–H and O–H groups in total. The first kappa shape index (κ1) is 72.3. The van der Waals surface area contributed by atoms with E-state index in [2.05, 4.69) is 10.6 Å². The number of carbonyl (C=O) groups excluding carboxylic acids is 2. The minimum Gasteiger partial charge on any atom is -0.394 e. The Morgan fingerprint density at radius 1 is 0.315 bits per heavy atom. The number of benzene rings is 1. The number of ether oxygens (including phenoxy) is 14. The highest BCUT2D eigenvalue weighted by atomic mass is 32.2. The molecule has 524 valence electrons. The van der Waals surface area contributed by atoms with Gasteiger partial charge in [0, 0.05) is 24.6 Å². The van der Waals surface area contributed by atoms with Crippen LogP contribution in [0.1, 0.15) is 11.1 Å². The van der Waals surface area contributed by atoms with Crippen LogP contribution in [0, 0.1) is 0 Å². The zero-order chi connectivity index (χ0) is 66.1. The normalized spacial score (nSPS) is 49.8. The molecular formula is C53H80N2O35S2. The Bertz CT molecular complexity index is 2520. The lowest BCUT2D eigenvalue weighted by molar-refractivity contribution is -0.395. The van der Waals surface area contributed by atoms with Crippen molar-refractivity contribution >= 4 is 34.0 Å². The van der Waals surface area contributed by atoms with Gasteiger partial charge in [-0.15, -0.1) is 0 Å². The Balaban J connectivity index is 1.02. The maximum atomic E-state index is 13.5. The summed E-state index contributed by atoms with van der Waals surface area (Å²) >= 11 is 1.12. The highest BCUT2D eigenvalue weighted by Crippen LogP contribution is 2.40. The van der Waals surface area contributed by atoms with Gasteiger partial charge in [0.15, 0.2) is 44.0 Å². The van der Waals surface area contributed by atoms with Crippen molar-refractivity contribution in [1.82, 2.24) is 10.6 Å². The van der Waals surface area contributed by atoms with Crippen LogP contribution in [0.5, 0.6) is 0 Å². The zero-order valence-corrected chi connectivity index (χ0v) is 50.1. The first-order chi connectivity index (χ1) is 44.0. The summed E-state index contributed by atoms with van der Waals surface area (Å²) in [5.41, 5.74) is 1.33. The van der Waals surface area contributed by atoms with Gasteiger partial charge in [-0.1, -0.05) is 47.8 Å². The Kier molecular flexibility index (Phi) is 24.8. The first-order valence-electron chi connectivity index (χ1n) is 29.6. The van der Waals surface area contributed by atoms with Crippen LogP contribution in [-0.2, 0) is 79.3 Å². The number of carbonyl (C=O) groups is 2. The SMILES string of the molecule is O=C1NCc2ccc(cc2)CCNC(=O)SCC2OC3OC4C(CO)OC(OC5C(CO)OC(OC6C(CO)OC(OC7C(CS1)OC(OC1C(CO)OC(OC8C(CO)OC(OC2C(O)C3O)C(O)C8O)C(O)C1O)C(O)C7O)C(O)C6O)C(O)C5O)C(O)C4O. The van der Waals surface area contributed by atoms with Crippen molar-refractivity contribution in [3.63, 3.8) is 0 Å². The van der Waals surface area contributed by atoms with Gasteiger partial charge in [-0.05, 0) is 17.5 Å². The first-order valence-corrected chi connectivity index (χ1v) is 31.6. The summed E-state index contributed by atoms with van der Waals surface area (Å²) < 4.78 is 82.7. The van der Waals surface area contributed by atoms with E-state index in [1.807, 2.05) is 0 Å². The molecule has 15 saturated heterocycles. The Morgan fingerprint density at radius 2 is 0.554 bits per heavy atom. The highest BCUT2D eigenvalue weighted by molar-refractivity contribution is 8.13. The molecule has 0 radical (unpaired) electrons. The molecule has 0 spiro atoms. The van der Waals surface area contributed by atoms with Gasteiger partial charge in [0.25, 0.3) is 10.5 Å². The number of thioether (sulfide) groups is 2. The second kappa shape index (κ2) is 31.6. The lowest BCUT2D eigenvalue weighted by Gasteiger charge is -2.50. The van der Waals surface area contributed by atoms with Crippen molar-refractivity contribution < 1.29 is 173 Å². The van der Waals surface area contributed by atoms with Crippen molar-refractivity contribution in [3.8, 4) is 0 Å². The molecular weight excluding hydrogens is 1290 g/mol. The smallest absolute Gasteiger partial charge is 0.279 e. The van der Waals surface area contributed by atoms with E-state index in [0.717, 1.165) is 5.56 Å². The second-order valence-corrected chi connectivity index (χ2v) is 25.3. The molecule has 0 aromatic heterocycles. The summed E-state index contributed by atoms with van der Waals surface area (Å²) in [6.45, 7) is -5.33. The molecule has 35 atom stereocenters. The van der Waals surface area contributed by atoms with Crippen LogP contribution >= 0.6 is 23.5 Å². The largest absolute Gasteiger partial charge is 0.394 e. The fourth-order valence-electron chi connectivity index (χ4n) is 12.1. The van der Waals surface area contributed by atoms with Gasteiger partial charge in [-0.25, -0.2) is 0 Å². The van der Waals surface area contributed by atoms with E-state index in [4.69, 9.17) is 66.3 Å². The van der Waals surface area contributed by atoms with Gasteiger partial charge < -0.3 is 174 Å². The number of aliphatic hydroxyl groups is 19. The van der Waals surface area contributed by atoms with E-state index >= 15 is 0 Å². The topological polar surface area (TPSA) is 572 Å². The Labute approximate surface area is 530 Å². The molecule has 35 unspecified atom stereocenters. The van der Waals surface area contributed by atoms with Crippen molar-refractivity contribution in [1.29, 1.82) is 0 Å². The van der Waals surface area contributed by atoms with E-state index in [1.165, 1.54) is 0 Å². The molecule has 19 aliphatic rings. The van der Waals surface area contributed by atoms with Crippen molar-refractivity contribution in [2.75, 3.05) is 51.1 Å². The summed E-state index contributed by atoms with van der Waals surface area (Å²) in [6, 6.07) is 6.81. The number of aliphatic hydroxyl groups excluding tert-OH is 19. The number of hydrogen-bond acceptors (Lipinski definition) is 37. The van der Waals surface area contributed by atoms with E-state index in [9.17, 15) is 107 Å². The van der Waals surface area contributed by atoms with Gasteiger partial charge >= 0.3 is 0 Å². The minimum absolute atomic E-state index is 0.0463. The van der Waals surface area contributed by atoms with E-state index in [1.54, 1.807) is 24.3 Å². The molecule has 1 aromatic carbocycles. The van der Waals surface area contributed by atoms with Crippen molar-refractivity contribution in [3.05, 3.63) is 35.4 Å². The standard InChI is InChI=1S/C53H80N2O35S2/c56-8-17-38-24(61)31(68)45(77-17)85-39-19(10-58)81-49(35(72)28(39)65)90-44-23-14-92-53(76)55-7-16-3-1-15(2-4-16)5-6-54-52(75)91-13-22-43(29(66)36(73)50(82-22)87-41-20(11-59)78-46(84-38)32(69)25(41)62)89-48-34(71)27(64)40(18(9-57)80-48)86-47-33(70)26(63)42(21(12-60)79-47)88-51(83-23)37(74)30(44)67/h1-4,17-51,56-74H,5-14H2,(H,54,75)(H,55,76). The summed E-state index contributed by atoms with van der Waals surface area (Å²) in [7, 11) is 0. The predicted molar refractivity (Wildman–Crippen MR) is 295 cm³/mol. The molecule has 1 aromatic rings. The number of rotatable bonds is 5. The summed E-state index contributed by atoms with van der Waals surface area (Å²) in [5.74, 6) is -0.987. The zero-order valence-electron chi connectivity index (χ0n) is 48.4. The average molecular weight is 1370 g/mol. The Morgan fingerprint density at radius 3 is 0.837 bits per heavy atom. The molecule has 19 aliphatic heterocycles. The molecule has 92 heavy (non-hydrogen) atoms. The van der Waals surface area contributed by atoms with Gasteiger partial charge in [0.1, 0.15) is 159 Å². The van der Waals surface area contributed by atoms with Gasteiger partial charge in [0.05, 0.1) is 45.2 Å². The minimum atomic E-state index is -2.25. The third-order valence-corrected chi connectivity index (χ3v) is 19.1. The van der Waals surface area contributed by atoms with Gasteiger partial charge in [-0.2, -0.15) is 0 Å². The molecule has 2 amide bonds. The van der Waals surface area contributed by atoms with Gasteiger partial charge in [-0.3, -0.25) is 9.59 Å². The fourth-order valence-corrected chi connectivity index (χ4v) is 13.7. The van der Waals surface area contributed by atoms with Crippen LogP contribution in [0.4, 0.5) is 9.59 Å². The number of amides is 2. The van der Waals surface area contributed by atoms with Crippen LogP contribution in [-0.4, -0.2) is 374 Å². The lowest BCUT2D eigenvalue weighted by Crippen LogP contribution is -2.68.